The summed E-state index contributed by atoms with van der Waals surface area (Å²) in [5.41, 5.74) is 2.82. The summed E-state index contributed by atoms with van der Waals surface area (Å²) < 4.78 is 6.08. The summed E-state index contributed by atoms with van der Waals surface area (Å²) in [5.74, 6) is 1.63. The number of benzene rings is 1. The Morgan fingerprint density at radius 2 is 1.89 bits per heavy atom. The summed E-state index contributed by atoms with van der Waals surface area (Å²) in [6.45, 7) is 11.9. The van der Waals surface area contributed by atoms with Crippen molar-refractivity contribution in [1.82, 2.24) is 0 Å². The maximum Gasteiger partial charge on any atom is 0.123 e. The van der Waals surface area contributed by atoms with Gasteiger partial charge in [-0.2, -0.15) is 0 Å². The quantitative estimate of drug-likeness (QED) is 0.640. The lowest BCUT2D eigenvalue weighted by atomic mass is 9.85. The number of hydrogen-bond donors (Lipinski definition) is 0. The molecule has 0 aliphatic heterocycles. The summed E-state index contributed by atoms with van der Waals surface area (Å²) in [6, 6.07) is 6.62. The van der Waals surface area contributed by atoms with Crippen LogP contribution in [-0.4, -0.2) is 11.9 Å². The number of rotatable bonds is 6. The Morgan fingerprint density at radius 3 is 2.37 bits per heavy atom. The molecule has 2 heteroatoms. The Morgan fingerprint density at radius 1 is 1.21 bits per heavy atom. The Bertz CT molecular complexity index is 389. The van der Waals surface area contributed by atoms with Crippen LogP contribution in [0.1, 0.15) is 52.2 Å². The van der Waals surface area contributed by atoms with Crippen LogP contribution >= 0.6 is 15.9 Å². The summed E-state index contributed by atoms with van der Waals surface area (Å²) in [5, 5.41) is 1.00. The molecule has 0 heterocycles. The molecule has 0 spiro atoms. The van der Waals surface area contributed by atoms with E-state index < -0.39 is 0 Å². The maximum atomic E-state index is 6.08. The Balaban J connectivity index is 2.93. The van der Waals surface area contributed by atoms with Crippen molar-refractivity contribution in [3.05, 3.63) is 29.3 Å². The summed E-state index contributed by atoms with van der Waals surface area (Å²) in [4.78, 5) is 0. The molecular weight excluding hydrogens is 300 g/mol. The second kappa shape index (κ2) is 7.33. The molecule has 0 aliphatic carbocycles. The van der Waals surface area contributed by atoms with Crippen LogP contribution in [0.5, 0.6) is 5.75 Å². The highest BCUT2D eigenvalue weighted by Gasteiger charge is 2.20. The average Bonchev–Trinajstić information content (AvgIpc) is 2.39. The third-order valence-electron chi connectivity index (χ3n) is 3.53. The van der Waals surface area contributed by atoms with E-state index in [9.17, 15) is 0 Å². The van der Waals surface area contributed by atoms with Crippen LogP contribution < -0.4 is 4.74 Å². The fraction of sp³-hybridized carbons (Fsp3) is 0.647. The first-order valence-corrected chi connectivity index (χ1v) is 8.36. The zero-order valence-corrected chi connectivity index (χ0v) is 14.5. The van der Waals surface area contributed by atoms with E-state index in [0.717, 1.165) is 30.5 Å². The van der Waals surface area contributed by atoms with E-state index in [1.165, 1.54) is 11.1 Å². The monoisotopic (exact) mass is 326 g/mol. The largest absolute Gasteiger partial charge is 0.493 e. The molecule has 108 valence electrons. The zero-order valence-electron chi connectivity index (χ0n) is 12.9. The number of hydrogen-bond acceptors (Lipinski definition) is 1. The van der Waals surface area contributed by atoms with Crippen LogP contribution in [0, 0.1) is 5.92 Å². The van der Waals surface area contributed by atoms with Crippen molar-refractivity contribution in [2.75, 3.05) is 11.9 Å². The lowest BCUT2D eigenvalue weighted by Crippen LogP contribution is -2.17. The standard InChI is InChI=1S/C17H27BrO/c1-6-13-8-9-16(15(10-13)17(3,4)5)19-12-14(7-2)11-18/h8-10,14H,6-7,11-12H2,1-5H3. The molecule has 0 radical (unpaired) electrons. The number of alkyl halides is 1. The summed E-state index contributed by atoms with van der Waals surface area (Å²) in [6.07, 6.45) is 2.21. The Hall–Kier alpha value is -0.500. The molecule has 0 aromatic heterocycles. The smallest absolute Gasteiger partial charge is 0.123 e. The molecule has 0 aliphatic rings. The van der Waals surface area contributed by atoms with E-state index in [4.69, 9.17) is 4.74 Å². The van der Waals surface area contributed by atoms with Crippen LogP contribution in [0.3, 0.4) is 0 Å². The van der Waals surface area contributed by atoms with Gasteiger partial charge < -0.3 is 4.74 Å². The van der Waals surface area contributed by atoms with E-state index in [0.29, 0.717) is 5.92 Å². The van der Waals surface area contributed by atoms with E-state index in [2.05, 4.69) is 68.7 Å². The van der Waals surface area contributed by atoms with Crippen LogP contribution in [0.25, 0.3) is 0 Å². The van der Waals surface area contributed by atoms with Gasteiger partial charge in [-0.1, -0.05) is 62.7 Å². The fourth-order valence-corrected chi connectivity index (χ4v) is 2.63. The first-order valence-electron chi connectivity index (χ1n) is 7.24. The highest BCUT2D eigenvalue weighted by atomic mass is 79.9. The second-order valence-corrected chi connectivity index (χ2v) is 6.82. The topological polar surface area (TPSA) is 9.23 Å². The second-order valence-electron chi connectivity index (χ2n) is 6.17. The predicted molar refractivity (Wildman–Crippen MR) is 87.6 cm³/mol. The molecule has 1 rings (SSSR count). The van der Waals surface area contributed by atoms with Crippen molar-refractivity contribution in [3.63, 3.8) is 0 Å². The highest BCUT2D eigenvalue weighted by Crippen LogP contribution is 2.32. The molecule has 19 heavy (non-hydrogen) atoms. The van der Waals surface area contributed by atoms with Gasteiger partial charge in [0.2, 0.25) is 0 Å². The third kappa shape index (κ3) is 4.83. The molecule has 0 amide bonds. The molecule has 0 bridgehead atoms. The molecule has 1 atom stereocenters. The number of halogens is 1. The van der Waals surface area contributed by atoms with Gasteiger partial charge >= 0.3 is 0 Å². The van der Waals surface area contributed by atoms with Gasteiger partial charge in [0.05, 0.1) is 6.61 Å². The van der Waals surface area contributed by atoms with E-state index in [1.54, 1.807) is 0 Å². The minimum absolute atomic E-state index is 0.122. The lowest BCUT2D eigenvalue weighted by Gasteiger charge is -2.24. The van der Waals surface area contributed by atoms with E-state index in [1.807, 2.05) is 0 Å². The van der Waals surface area contributed by atoms with Crippen LogP contribution in [0.15, 0.2) is 18.2 Å². The first-order chi connectivity index (χ1) is 8.92. The third-order valence-corrected chi connectivity index (χ3v) is 4.45. The van der Waals surface area contributed by atoms with E-state index in [-0.39, 0.29) is 5.41 Å². The van der Waals surface area contributed by atoms with Crippen LogP contribution in [0.2, 0.25) is 0 Å². The Kier molecular flexibility index (Phi) is 6.38. The summed E-state index contributed by atoms with van der Waals surface area (Å²) >= 11 is 3.55. The van der Waals surface area contributed by atoms with Gasteiger partial charge in [-0.05, 0) is 35.4 Å². The molecule has 1 nitrogen and oxygen atoms in total. The summed E-state index contributed by atoms with van der Waals surface area (Å²) in [7, 11) is 0. The molecule has 1 aromatic rings. The van der Waals surface area contributed by atoms with Gasteiger partial charge in [0.1, 0.15) is 5.75 Å². The minimum Gasteiger partial charge on any atom is -0.493 e. The molecule has 1 aromatic carbocycles. The van der Waals surface area contributed by atoms with Crippen molar-refractivity contribution < 1.29 is 4.74 Å². The maximum absolute atomic E-state index is 6.08. The molecule has 1 unspecified atom stereocenters. The van der Waals surface area contributed by atoms with Crippen LogP contribution in [-0.2, 0) is 11.8 Å². The first kappa shape index (κ1) is 16.6. The van der Waals surface area contributed by atoms with Crippen molar-refractivity contribution in [2.24, 2.45) is 5.92 Å². The van der Waals surface area contributed by atoms with Gasteiger partial charge in [0.15, 0.2) is 0 Å². The van der Waals surface area contributed by atoms with Crippen molar-refractivity contribution in [3.8, 4) is 5.75 Å². The predicted octanol–water partition coefficient (Wildman–Crippen LogP) is 5.35. The van der Waals surface area contributed by atoms with Gasteiger partial charge in [0.25, 0.3) is 0 Å². The lowest BCUT2D eigenvalue weighted by molar-refractivity contribution is 0.254. The number of aryl methyl sites for hydroxylation is 1. The fourth-order valence-electron chi connectivity index (χ4n) is 1.99. The van der Waals surface area contributed by atoms with Gasteiger partial charge in [-0.15, -0.1) is 0 Å². The highest BCUT2D eigenvalue weighted by molar-refractivity contribution is 9.09. The van der Waals surface area contributed by atoms with Gasteiger partial charge in [-0.3, -0.25) is 0 Å². The molecular formula is C17H27BrO. The van der Waals surface area contributed by atoms with Gasteiger partial charge in [0, 0.05) is 11.2 Å². The molecule has 0 N–H and O–H groups in total. The van der Waals surface area contributed by atoms with Crippen molar-refractivity contribution >= 4 is 15.9 Å². The number of ether oxygens (including phenoxy) is 1. The normalized spacial score (nSPS) is 13.4. The SMILES string of the molecule is CCc1ccc(OCC(CC)CBr)c(C(C)(C)C)c1. The van der Waals surface area contributed by atoms with Crippen molar-refractivity contribution in [1.29, 1.82) is 0 Å². The molecule has 0 saturated carbocycles. The van der Waals surface area contributed by atoms with Gasteiger partial charge in [-0.25, -0.2) is 0 Å². The molecule has 0 saturated heterocycles. The van der Waals surface area contributed by atoms with Crippen LogP contribution in [0.4, 0.5) is 0 Å². The van der Waals surface area contributed by atoms with Crippen molar-refractivity contribution in [2.45, 2.75) is 52.9 Å². The minimum atomic E-state index is 0.122. The average molecular weight is 327 g/mol. The Labute approximate surface area is 126 Å². The van der Waals surface area contributed by atoms with E-state index >= 15 is 0 Å². The molecule has 0 fully saturated rings. The zero-order chi connectivity index (χ0) is 14.5.